The fraction of sp³-hybridized carbons (Fsp3) is 0.739. The molecule has 3 heterocycles. The number of amides is 2. The number of ether oxygens (including phenoxy) is 1. The molecular weight excluding hydrogens is 451 g/mol. The van der Waals surface area contributed by atoms with Gasteiger partial charge >= 0.3 is 6.18 Å². The molecule has 8 nitrogen and oxygen atoms in total. The number of nitrogens with zero attached hydrogens (tertiary/aromatic N) is 4. The molecule has 2 fully saturated rings. The molecule has 0 unspecified atom stereocenters. The molecule has 2 aliphatic heterocycles. The van der Waals surface area contributed by atoms with Crippen molar-refractivity contribution in [3.8, 4) is 0 Å². The maximum Gasteiger partial charge on any atom is 0.433 e. The van der Waals surface area contributed by atoms with E-state index in [4.69, 9.17) is 4.74 Å². The van der Waals surface area contributed by atoms with E-state index >= 15 is 0 Å². The van der Waals surface area contributed by atoms with E-state index in [2.05, 4.69) is 15.3 Å². The lowest BCUT2D eigenvalue weighted by atomic mass is 9.99. The lowest BCUT2D eigenvalue weighted by molar-refractivity contribution is -0.149. The minimum Gasteiger partial charge on any atom is -0.367 e. The van der Waals surface area contributed by atoms with Crippen LogP contribution in [0.2, 0.25) is 0 Å². The van der Waals surface area contributed by atoms with Crippen molar-refractivity contribution in [2.24, 2.45) is 0 Å². The van der Waals surface area contributed by atoms with Crippen molar-refractivity contribution in [3.63, 3.8) is 0 Å². The smallest absolute Gasteiger partial charge is 0.367 e. The lowest BCUT2D eigenvalue weighted by Gasteiger charge is -2.35. The molecule has 0 aromatic carbocycles. The molecule has 2 amide bonds. The van der Waals surface area contributed by atoms with Gasteiger partial charge < -0.3 is 19.9 Å². The van der Waals surface area contributed by atoms with Crippen LogP contribution in [0.4, 0.5) is 13.2 Å². The van der Waals surface area contributed by atoms with Gasteiger partial charge in [0.25, 0.3) is 0 Å². The number of carbonyl (C=O) groups excluding carboxylic acids is 2. The van der Waals surface area contributed by atoms with E-state index in [0.29, 0.717) is 18.8 Å². The van der Waals surface area contributed by atoms with Crippen LogP contribution in [0.15, 0.2) is 0 Å². The van der Waals surface area contributed by atoms with Gasteiger partial charge in [0, 0.05) is 43.6 Å². The molecule has 1 aliphatic carbocycles. The predicted molar refractivity (Wildman–Crippen MR) is 117 cm³/mol. The summed E-state index contributed by atoms with van der Waals surface area (Å²) in [4.78, 5) is 37.0. The van der Waals surface area contributed by atoms with Crippen LogP contribution in [0.1, 0.15) is 67.7 Å². The zero-order valence-corrected chi connectivity index (χ0v) is 19.7. The Hall–Kier alpha value is -2.27. The van der Waals surface area contributed by atoms with Gasteiger partial charge in [-0.2, -0.15) is 13.2 Å². The number of morpholine rings is 1. The van der Waals surface area contributed by atoms with Crippen LogP contribution >= 0.6 is 0 Å². The van der Waals surface area contributed by atoms with Gasteiger partial charge in [-0.1, -0.05) is 12.8 Å². The average Bonchev–Trinajstić information content (AvgIpc) is 3.34. The number of alkyl halides is 3. The van der Waals surface area contributed by atoms with E-state index in [1.54, 1.807) is 16.8 Å². The molecule has 2 atom stereocenters. The third-order valence-corrected chi connectivity index (χ3v) is 7.02. The molecule has 11 heteroatoms. The Bertz CT molecular complexity index is 920. The van der Waals surface area contributed by atoms with E-state index in [1.807, 2.05) is 6.92 Å². The Kier molecular flexibility index (Phi) is 7.42. The van der Waals surface area contributed by atoms with Crippen LogP contribution in [-0.4, -0.2) is 77.0 Å². The zero-order valence-electron chi connectivity index (χ0n) is 19.7. The number of aromatic nitrogens is 2. The highest BCUT2D eigenvalue weighted by atomic mass is 19.4. The minimum absolute atomic E-state index is 0.0268. The van der Waals surface area contributed by atoms with E-state index in [1.165, 1.54) is 0 Å². The van der Waals surface area contributed by atoms with Gasteiger partial charge in [0.1, 0.15) is 12.4 Å². The molecule has 1 N–H and O–H groups in total. The average molecular weight is 484 g/mol. The van der Waals surface area contributed by atoms with Crippen LogP contribution < -0.4 is 5.32 Å². The quantitative estimate of drug-likeness (QED) is 0.668. The number of halogens is 3. The number of fused-ring (bicyclic) bond motifs is 1. The first-order chi connectivity index (χ1) is 16.2. The summed E-state index contributed by atoms with van der Waals surface area (Å²) < 4.78 is 46.7. The monoisotopic (exact) mass is 483 g/mol. The highest BCUT2D eigenvalue weighted by Crippen LogP contribution is 2.38. The molecule has 34 heavy (non-hydrogen) atoms. The first kappa shape index (κ1) is 24.8. The summed E-state index contributed by atoms with van der Waals surface area (Å²) in [5, 5.41) is 3.09. The Morgan fingerprint density at radius 3 is 2.68 bits per heavy atom. The summed E-state index contributed by atoms with van der Waals surface area (Å²) in [6, 6.07) is -0.270. The predicted octanol–water partition coefficient (Wildman–Crippen LogP) is 2.26. The maximum atomic E-state index is 13.8. The third-order valence-electron chi connectivity index (χ3n) is 7.02. The van der Waals surface area contributed by atoms with Crippen molar-refractivity contribution in [3.05, 3.63) is 22.8 Å². The summed E-state index contributed by atoms with van der Waals surface area (Å²) in [6.45, 7) is 2.98. The van der Waals surface area contributed by atoms with E-state index in [0.717, 1.165) is 25.7 Å². The van der Waals surface area contributed by atoms with E-state index < -0.39 is 11.9 Å². The second-order valence-corrected chi connectivity index (χ2v) is 9.51. The highest BCUT2D eigenvalue weighted by Gasteiger charge is 2.40. The largest absolute Gasteiger partial charge is 0.433 e. The van der Waals surface area contributed by atoms with Gasteiger partial charge in [-0.15, -0.1) is 0 Å². The van der Waals surface area contributed by atoms with Crippen molar-refractivity contribution in [1.82, 2.24) is 25.1 Å². The lowest BCUT2D eigenvalue weighted by Crippen LogP contribution is -2.51. The standard InChI is InChI=1S/C23H32F3N5O3/c1-14-10-31(20(33)13-34-14)11-16(27-2)9-19(32)30-8-7-17-18(12-30)28-22(15-5-3-4-6-15)29-21(17)23(24,25)26/h14-16,27H,3-13H2,1-2H3/t14-,16-/m0/s1. The van der Waals surface area contributed by atoms with Gasteiger partial charge in [0.15, 0.2) is 5.69 Å². The van der Waals surface area contributed by atoms with Crippen molar-refractivity contribution >= 4 is 11.8 Å². The fourth-order valence-corrected chi connectivity index (χ4v) is 5.07. The Morgan fingerprint density at radius 1 is 1.26 bits per heavy atom. The number of nitrogens with one attached hydrogen (secondary N) is 1. The van der Waals surface area contributed by atoms with Crippen LogP contribution in [0, 0.1) is 0 Å². The molecule has 1 saturated heterocycles. The van der Waals surface area contributed by atoms with Crippen molar-refractivity contribution < 1.29 is 27.5 Å². The molecule has 4 rings (SSSR count). The zero-order chi connectivity index (χ0) is 24.5. The Morgan fingerprint density at radius 2 is 2.00 bits per heavy atom. The van der Waals surface area contributed by atoms with Crippen molar-refractivity contribution in [2.45, 2.75) is 76.2 Å². The molecule has 0 spiro atoms. The SMILES string of the molecule is CN[C@@H](CC(=O)N1CCc2c(nc(C3CCCC3)nc2C(F)(F)F)C1)CN1C[C@H](C)OCC1=O. The van der Waals surface area contributed by atoms with Gasteiger partial charge in [-0.25, -0.2) is 9.97 Å². The van der Waals surface area contributed by atoms with Crippen molar-refractivity contribution in [1.29, 1.82) is 0 Å². The Labute approximate surface area is 197 Å². The molecule has 0 bridgehead atoms. The number of rotatable bonds is 6. The molecule has 1 aromatic heterocycles. The van der Waals surface area contributed by atoms with Crippen LogP contribution in [-0.2, 0) is 33.5 Å². The molecule has 0 radical (unpaired) electrons. The van der Waals surface area contributed by atoms with E-state index in [9.17, 15) is 22.8 Å². The van der Waals surface area contributed by atoms with Gasteiger partial charge in [-0.05, 0) is 33.2 Å². The molecule has 1 saturated carbocycles. The summed E-state index contributed by atoms with van der Waals surface area (Å²) in [5.41, 5.74) is -0.432. The molecular formula is C23H32F3N5O3. The van der Waals surface area contributed by atoms with Gasteiger partial charge in [0.05, 0.1) is 18.3 Å². The fourth-order valence-electron chi connectivity index (χ4n) is 5.07. The summed E-state index contributed by atoms with van der Waals surface area (Å²) in [6.07, 6.45) is -0.891. The number of likely N-dealkylation sites (N-methyl/N-ethyl adjacent to an activating group) is 1. The molecule has 188 valence electrons. The summed E-state index contributed by atoms with van der Waals surface area (Å²) in [7, 11) is 1.73. The highest BCUT2D eigenvalue weighted by molar-refractivity contribution is 5.79. The maximum absolute atomic E-state index is 13.8. The normalized spacial score (nSPS) is 22.7. The van der Waals surface area contributed by atoms with Crippen LogP contribution in [0.25, 0.3) is 0 Å². The minimum atomic E-state index is -4.55. The van der Waals surface area contributed by atoms with Gasteiger partial charge in [-0.3, -0.25) is 9.59 Å². The summed E-state index contributed by atoms with van der Waals surface area (Å²) in [5.74, 6) is -0.0904. The second kappa shape index (κ2) is 10.2. The van der Waals surface area contributed by atoms with Crippen LogP contribution in [0.5, 0.6) is 0 Å². The number of hydrogen-bond acceptors (Lipinski definition) is 6. The van der Waals surface area contributed by atoms with Crippen molar-refractivity contribution in [2.75, 3.05) is 33.3 Å². The first-order valence-corrected chi connectivity index (χ1v) is 12.0. The second-order valence-electron chi connectivity index (χ2n) is 9.51. The Balaban J connectivity index is 1.47. The first-order valence-electron chi connectivity index (χ1n) is 12.0. The number of carbonyl (C=O) groups is 2. The molecule has 3 aliphatic rings. The third kappa shape index (κ3) is 5.51. The summed E-state index contributed by atoms with van der Waals surface area (Å²) >= 11 is 0. The number of hydrogen-bond donors (Lipinski definition) is 1. The van der Waals surface area contributed by atoms with E-state index in [-0.39, 0.29) is 73.8 Å². The van der Waals surface area contributed by atoms with Gasteiger partial charge in [0.2, 0.25) is 11.8 Å². The molecule has 1 aromatic rings. The van der Waals surface area contributed by atoms with Crippen LogP contribution in [0.3, 0.4) is 0 Å². The topological polar surface area (TPSA) is 87.7 Å².